The fraction of sp³-hybridized carbons (Fsp3) is 0.250. The van der Waals surface area contributed by atoms with Crippen LogP contribution in [0.4, 0.5) is 8.78 Å². The predicted octanol–water partition coefficient (Wildman–Crippen LogP) is 3.87. The molecule has 0 aromatic heterocycles. The largest absolute Gasteiger partial charge is 0.486 e. The summed E-state index contributed by atoms with van der Waals surface area (Å²) in [4.78, 5) is 0. The lowest BCUT2D eigenvalue weighted by Crippen LogP contribution is -2.06. The molecule has 0 radical (unpaired) electrons. The Kier molecular flexibility index (Phi) is 4.35. The van der Waals surface area contributed by atoms with E-state index in [9.17, 15) is 8.78 Å². The molecule has 0 saturated carbocycles. The first-order valence-electron chi connectivity index (χ1n) is 6.40. The summed E-state index contributed by atoms with van der Waals surface area (Å²) < 4.78 is 32.4. The molecule has 106 valence electrons. The summed E-state index contributed by atoms with van der Waals surface area (Å²) in [7, 11) is 0. The van der Waals surface area contributed by atoms with Gasteiger partial charge < -0.3 is 10.5 Å². The van der Waals surface area contributed by atoms with Crippen molar-refractivity contribution < 1.29 is 13.5 Å². The molecule has 0 amide bonds. The van der Waals surface area contributed by atoms with Crippen LogP contribution in [0.2, 0.25) is 0 Å². The minimum absolute atomic E-state index is 0.123. The molecule has 0 saturated heterocycles. The Morgan fingerprint density at radius 1 is 1.15 bits per heavy atom. The van der Waals surface area contributed by atoms with Crippen molar-refractivity contribution >= 4 is 0 Å². The summed E-state index contributed by atoms with van der Waals surface area (Å²) in [6, 6.07) is 8.84. The highest BCUT2D eigenvalue weighted by Gasteiger charge is 2.08. The van der Waals surface area contributed by atoms with E-state index < -0.39 is 5.82 Å². The lowest BCUT2D eigenvalue weighted by molar-refractivity contribution is 0.289. The summed E-state index contributed by atoms with van der Waals surface area (Å²) in [6.45, 7) is 3.76. The van der Waals surface area contributed by atoms with Crippen LogP contribution < -0.4 is 10.5 Å². The fourth-order valence-corrected chi connectivity index (χ4v) is 1.87. The van der Waals surface area contributed by atoms with Crippen molar-refractivity contribution in [2.75, 3.05) is 0 Å². The van der Waals surface area contributed by atoms with E-state index >= 15 is 0 Å². The molecule has 2 rings (SSSR count). The van der Waals surface area contributed by atoms with Gasteiger partial charge in [-0.05, 0) is 54.8 Å². The number of rotatable bonds is 4. The average molecular weight is 277 g/mol. The molecule has 2 aromatic rings. The van der Waals surface area contributed by atoms with Gasteiger partial charge in [-0.3, -0.25) is 0 Å². The van der Waals surface area contributed by atoms with E-state index in [1.807, 2.05) is 6.92 Å². The molecule has 2 N–H and O–H groups in total. The summed E-state index contributed by atoms with van der Waals surface area (Å²) in [6.07, 6.45) is 0. The molecule has 0 heterocycles. The monoisotopic (exact) mass is 277 g/mol. The number of halogens is 2. The molecule has 4 heteroatoms. The van der Waals surface area contributed by atoms with Crippen LogP contribution in [-0.2, 0) is 6.61 Å². The Morgan fingerprint density at radius 3 is 2.55 bits per heavy atom. The second-order valence-electron chi connectivity index (χ2n) is 4.84. The second-order valence-corrected chi connectivity index (χ2v) is 4.84. The van der Waals surface area contributed by atoms with E-state index in [2.05, 4.69) is 0 Å². The average Bonchev–Trinajstić information content (AvgIpc) is 2.40. The van der Waals surface area contributed by atoms with Crippen LogP contribution >= 0.6 is 0 Å². The SMILES string of the molecule is Cc1ccc(F)cc1COc1ccc(C(C)N)cc1F. The van der Waals surface area contributed by atoms with Gasteiger partial charge in [0.05, 0.1) is 0 Å². The maximum absolute atomic E-state index is 13.8. The van der Waals surface area contributed by atoms with Gasteiger partial charge in [-0.25, -0.2) is 8.78 Å². The van der Waals surface area contributed by atoms with Gasteiger partial charge in [0.2, 0.25) is 0 Å². The van der Waals surface area contributed by atoms with Gasteiger partial charge in [-0.15, -0.1) is 0 Å². The maximum Gasteiger partial charge on any atom is 0.165 e. The van der Waals surface area contributed by atoms with Crippen molar-refractivity contribution in [3.05, 3.63) is 64.7 Å². The zero-order chi connectivity index (χ0) is 14.7. The Balaban J connectivity index is 2.13. The molecular weight excluding hydrogens is 260 g/mol. The molecular formula is C16H17F2NO. The van der Waals surface area contributed by atoms with Gasteiger partial charge in [0.1, 0.15) is 12.4 Å². The number of hydrogen-bond donors (Lipinski definition) is 1. The number of ether oxygens (including phenoxy) is 1. The zero-order valence-electron chi connectivity index (χ0n) is 11.5. The third kappa shape index (κ3) is 3.33. The first kappa shape index (κ1) is 14.5. The van der Waals surface area contributed by atoms with Gasteiger partial charge in [-0.1, -0.05) is 12.1 Å². The summed E-state index contributed by atoms with van der Waals surface area (Å²) in [5.41, 5.74) is 7.99. The Hall–Kier alpha value is -1.94. The van der Waals surface area contributed by atoms with Crippen molar-refractivity contribution in [3.63, 3.8) is 0 Å². The third-order valence-corrected chi connectivity index (χ3v) is 3.18. The van der Waals surface area contributed by atoms with E-state index in [4.69, 9.17) is 10.5 Å². The molecule has 2 nitrogen and oxygen atoms in total. The molecule has 2 aromatic carbocycles. The molecule has 0 bridgehead atoms. The van der Waals surface area contributed by atoms with Crippen LogP contribution in [0.5, 0.6) is 5.75 Å². The van der Waals surface area contributed by atoms with Crippen molar-refractivity contribution in [1.29, 1.82) is 0 Å². The van der Waals surface area contributed by atoms with E-state index in [0.717, 1.165) is 5.56 Å². The molecule has 0 spiro atoms. The summed E-state index contributed by atoms with van der Waals surface area (Å²) in [5.74, 6) is -0.658. The first-order valence-corrected chi connectivity index (χ1v) is 6.40. The van der Waals surface area contributed by atoms with Crippen LogP contribution in [0.3, 0.4) is 0 Å². The topological polar surface area (TPSA) is 35.2 Å². The quantitative estimate of drug-likeness (QED) is 0.920. The highest BCUT2D eigenvalue weighted by atomic mass is 19.1. The predicted molar refractivity (Wildman–Crippen MR) is 74.5 cm³/mol. The van der Waals surface area contributed by atoms with Crippen molar-refractivity contribution in [2.45, 2.75) is 26.5 Å². The number of hydrogen-bond acceptors (Lipinski definition) is 2. The van der Waals surface area contributed by atoms with Gasteiger partial charge in [0, 0.05) is 6.04 Å². The number of aryl methyl sites for hydroxylation is 1. The zero-order valence-corrected chi connectivity index (χ0v) is 11.5. The maximum atomic E-state index is 13.8. The lowest BCUT2D eigenvalue weighted by atomic mass is 10.1. The number of nitrogens with two attached hydrogens (primary N) is 1. The summed E-state index contributed by atoms with van der Waals surface area (Å²) >= 11 is 0. The van der Waals surface area contributed by atoms with Crippen LogP contribution in [0, 0.1) is 18.6 Å². The first-order chi connectivity index (χ1) is 9.47. The van der Waals surface area contributed by atoms with Gasteiger partial charge in [0.15, 0.2) is 11.6 Å². The van der Waals surface area contributed by atoms with Crippen LogP contribution in [0.25, 0.3) is 0 Å². The third-order valence-electron chi connectivity index (χ3n) is 3.18. The fourth-order valence-electron chi connectivity index (χ4n) is 1.87. The van der Waals surface area contributed by atoms with Gasteiger partial charge in [0.25, 0.3) is 0 Å². The van der Waals surface area contributed by atoms with E-state index in [-0.39, 0.29) is 24.2 Å². The Labute approximate surface area is 117 Å². The molecule has 20 heavy (non-hydrogen) atoms. The summed E-state index contributed by atoms with van der Waals surface area (Å²) in [5, 5.41) is 0. The Morgan fingerprint density at radius 2 is 1.90 bits per heavy atom. The van der Waals surface area contributed by atoms with E-state index in [1.54, 1.807) is 25.1 Å². The molecule has 0 aliphatic rings. The highest BCUT2D eigenvalue weighted by Crippen LogP contribution is 2.22. The Bertz CT molecular complexity index is 611. The standard InChI is InChI=1S/C16H17F2NO/c1-10-3-5-14(17)7-13(10)9-20-16-6-4-12(11(2)19)8-15(16)18/h3-8,11H,9,19H2,1-2H3. The molecule has 1 unspecified atom stereocenters. The smallest absolute Gasteiger partial charge is 0.165 e. The van der Waals surface area contributed by atoms with E-state index in [0.29, 0.717) is 11.1 Å². The highest BCUT2D eigenvalue weighted by molar-refractivity contribution is 5.32. The van der Waals surface area contributed by atoms with Gasteiger partial charge >= 0.3 is 0 Å². The minimum Gasteiger partial charge on any atom is -0.486 e. The van der Waals surface area contributed by atoms with Gasteiger partial charge in [-0.2, -0.15) is 0 Å². The molecule has 1 atom stereocenters. The molecule has 0 fully saturated rings. The molecule has 0 aliphatic carbocycles. The minimum atomic E-state index is -0.464. The molecule has 0 aliphatic heterocycles. The number of benzene rings is 2. The van der Waals surface area contributed by atoms with Crippen molar-refractivity contribution in [1.82, 2.24) is 0 Å². The van der Waals surface area contributed by atoms with Crippen LogP contribution in [-0.4, -0.2) is 0 Å². The van der Waals surface area contributed by atoms with E-state index in [1.165, 1.54) is 18.2 Å². The second kappa shape index (κ2) is 6.01. The van der Waals surface area contributed by atoms with Crippen molar-refractivity contribution in [2.24, 2.45) is 5.73 Å². The van der Waals surface area contributed by atoms with Crippen LogP contribution in [0.1, 0.15) is 29.7 Å². The normalized spacial score (nSPS) is 12.2. The lowest BCUT2D eigenvalue weighted by Gasteiger charge is -2.11. The van der Waals surface area contributed by atoms with Crippen LogP contribution in [0.15, 0.2) is 36.4 Å². The van der Waals surface area contributed by atoms with Crippen molar-refractivity contribution in [3.8, 4) is 5.75 Å².